The van der Waals surface area contributed by atoms with Gasteiger partial charge in [0.1, 0.15) is 0 Å². The predicted octanol–water partition coefficient (Wildman–Crippen LogP) is 2.29. The van der Waals surface area contributed by atoms with Crippen LogP contribution in [0.4, 0.5) is 19.3 Å². The molecule has 1 saturated heterocycles. The number of halogens is 2. The lowest BCUT2D eigenvalue weighted by Crippen LogP contribution is -2.50. The summed E-state index contributed by atoms with van der Waals surface area (Å²) in [6, 6.07) is 8.98. The molecule has 1 N–H and O–H groups in total. The van der Waals surface area contributed by atoms with Crippen molar-refractivity contribution in [2.24, 2.45) is 0 Å². The van der Waals surface area contributed by atoms with E-state index in [4.69, 9.17) is 0 Å². The second kappa shape index (κ2) is 7.39. The van der Waals surface area contributed by atoms with Crippen molar-refractivity contribution in [3.05, 3.63) is 42.7 Å². The van der Waals surface area contributed by atoms with Crippen molar-refractivity contribution in [3.8, 4) is 5.69 Å². The van der Waals surface area contributed by atoms with Crippen LogP contribution in [0.15, 0.2) is 42.7 Å². The summed E-state index contributed by atoms with van der Waals surface area (Å²) in [4.78, 5) is 15.6. The molecular weight excluding hydrogens is 316 g/mol. The van der Waals surface area contributed by atoms with Gasteiger partial charge in [0.2, 0.25) is 0 Å². The molecule has 1 fully saturated rings. The van der Waals surface area contributed by atoms with E-state index in [0.717, 1.165) is 5.69 Å². The fraction of sp³-hybridized carbons (Fsp3) is 0.375. The van der Waals surface area contributed by atoms with Gasteiger partial charge in [0, 0.05) is 44.3 Å². The molecule has 3 rings (SSSR count). The molecule has 128 valence electrons. The van der Waals surface area contributed by atoms with Crippen molar-refractivity contribution in [1.29, 1.82) is 0 Å². The zero-order valence-corrected chi connectivity index (χ0v) is 13.1. The maximum Gasteiger partial charge on any atom is 0.321 e. The number of nitrogens with one attached hydrogen (secondary N) is 1. The summed E-state index contributed by atoms with van der Waals surface area (Å²) in [5.41, 5.74) is 1.52. The summed E-state index contributed by atoms with van der Waals surface area (Å²) in [6.07, 6.45) is 1.17. The Morgan fingerprint density at radius 2 is 2.00 bits per heavy atom. The molecule has 0 bridgehead atoms. The smallest absolute Gasteiger partial charge is 0.321 e. The lowest BCUT2D eigenvalue weighted by atomic mass is 10.2. The van der Waals surface area contributed by atoms with Gasteiger partial charge in [-0.15, -0.1) is 0 Å². The Hall–Kier alpha value is -2.48. The first-order chi connectivity index (χ1) is 11.6. The van der Waals surface area contributed by atoms with Crippen molar-refractivity contribution >= 4 is 11.7 Å². The minimum absolute atomic E-state index is 0.218. The summed E-state index contributed by atoms with van der Waals surface area (Å²) in [5.74, 6) is 0. The average molecular weight is 335 g/mol. The van der Waals surface area contributed by atoms with E-state index in [9.17, 15) is 13.6 Å². The molecule has 1 aliphatic heterocycles. The van der Waals surface area contributed by atoms with E-state index in [1.165, 1.54) is 0 Å². The minimum atomic E-state index is -2.34. The maximum absolute atomic E-state index is 12.4. The molecule has 6 nitrogen and oxygen atoms in total. The Morgan fingerprint density at radius 3 is 2.67 bits per heavy atom. The second-order valence-corrected chi connectivity index (χ2v) is 5.61. The molecule has 1 aromatic heterocycles. The van der Waals surface area contributed by atoms with Crippen LogP contribution in [0.2, 0.25) is 0 Å². The molecule has 24 heavy (non-hydrogen) atoms. The number of amides is 2. The van der Waals surface area contributed by atoms with Crippen molar-refractivity contribution in [3.63, 3.8) is 0 Å². The van der Waals surface area contributed by atoms with Crippen molar-refractivity contribution in [1.82, 2.24) is 19.6 Å². The number of carbonyl (C=O) groups is 1. The Bertz CT molecular complexity index is 669. The number of rotatable bonds is 4. The molecule has 0 aliphatic carbocycles. The van der Waals surface area contributed by atoms with E-state index in [0.29, 0.717) is 31.9 Å². The van der Waals surface area contributed by atoms with Gasteiger partial charge in [-0.3, -0.25) is 4.90 Å². The zero-order chi connectivity index (χ0) is 16.9. The van der Waals surface area contributed by atoms with Crippen molar-refractivity contribution < 1.29 is 13.6 Å². The van der Waals surface area contributed by atoms with E-state index in [1.807, 2.05) is 30.5 Å². The highest BCUT2D eigenvalue weighted by molar-refractivity contribution is 5.89. The highest BCUT2D eigenvalue weighted by Gasteiger charge is 2.22. The highest BCUT2D eigenvalue weighted by atomic mass is 19.3. The van der Waals surface area contributed by atoms with Gasteiger partial charge in [-0.25, -0.2) is 18.3 Å². The summed E-state index contributed by atoms with van der Waals surface area (Å²) >= 11 is 0. The molecule has 0 saturated carbocycles. The number of alkyl halides is 2. The third-order valence-electron chi connectivity index (χ3n) is 3.92. The van der Waals surface area contributed by atoms with Crippen LogP contribution >= 0.6 is 0 Å². The fourth-order valence-electron chi connectivity index (χ4n) is 2.68. The number of nitrogens with zero attached hydrogens (tertiary/aromatic N) is 4. The average Bonchev–Trinajstić information content (AvgIpc) is 3.10. The van der Waals surface area contributed by atoms with Crippen LogP contribution in [0.3, 0.4) is 0 Å². The predicted molar refractivity (Wildman–Crippen MR) is 86.6 cm³/mol. The summed E-state index contributed by atoms with van der Waals surface area (Å²) in [7, 11) is 0. The standard InChI is InChI=1S/C16H19F2N5O/c17-15(18)12-21-7-9-22(10-8-21)16(24)20-13-3-1-4-14(11-13)23-6-2-5-19-23/h1-6,11,15H,7-10,12H2,(H,20,24). The van der Waals surface area contributed by atoms with Gasteiger partial charge in [-0.05, 0) is 24.3 Å². The molecule has 0 spiro atoms. The lowest BCUT2D eigenvalue weighted by molar-refractivity contribution is 0.0651. The van der Waals surface area contributed by atoms with Crippen LogP contribution < -0.4 is 5.32 Å². The van der Waals surface area contributed by atoms with Gasteiger partial charge in [-0.2, -0.15) is 5.10 Å². The highest BCUT2D eigenvalue weighted by Crippen LogP contribution is 2.15. The molecule has 0 unspecified atom stereocenters. The molecule has 0 radical (unpaired) electrons. The van der Waals surface area contributed by atoms with Gasteiger partial charge in [0.15, 0.2) is 0 Å². The first-order valence-corrected chi connectivity index (χ1v) is 7.78. The number of benzene rings is 1. The van der Waals surface area contributed by atoms with Crippen molar-refractivity contribution in [2.45, 2.75) is 6.43 Å². The van der Waals surface area contributed by atoms with Gasteiger partial charge >= 0.3 is 6.03 Å². The number of aromatic nitrogens is 2. The van der Waals surface area contributed by atoms with Crippen LogP contribution in [0.5, 0.6) is 0 Å². The Morgan fingerprint density at radius 1 is 1.21 bits per heavy atom. The molecular formula is C16H19F2N5O. The number of carbonyl (C=O) groups excluding carboxylic acids is 1. The minimum Gasteiger partial charge on any atom is -0.322 e. The fourth-order valence-corrected chi connectivity index (χ4v) is 2.68. The van der Waals surface area contributed by atoms with E-state index in [1.54, 1.807) is 26.7 Å². The Kier molecular flexibility index (Phi) is 5.05. The van der Waals surface area contributed by atoms with Gasteiger partial charge in [0.05, 0.1) is 12.2 Å². The number of urea groups is 1. The van der Waals surface area contributed by atoms with Crippen LogP contribution in [-0.4, -0.2) is 64.8 Å². The van der Waals surface area contributed by atoms with Crippen LogP contribution in [-0.2, 0) is 0 Å². The number of anilines is 1. The topological polar surface area (TPSA) is 53.4 Å². The Labute approximate surface area is 138 Å². The molecule has 1 aromatic carbocycles. The normalized spacial score (nSPS) is 15.7. The third kappa shape index (κ3) is 4.08. The maximum atomic E-state index is 12.4. The van der Waals surface area contributed by atoms with Gasteiger partial charge in [-0.1, -0.05) is 6.07 Å². The van der Waals surface area contributed by atoms with E-state index >= 15 is 0 Å². The monoisotopic (exact) mass is 335 g/mol. The largest absolute Gasteiger partial charge is 0.322 e. The molecule has 2 aromatic rings. The number of hydrogen-bond donors (Lipinski definition) is 1. The lowest BCUT2D eigenvalue weighted by Gasteiger charge is -2.34. The summed E-state index contributed by atoms with van der Waals surface area (Å²) in [5, 5.41) is 7.00. The van der Waals surface area contributed by atoms with Crippen LogP contribution in [0.25, 0.3) is 5.69 Å². The van der Waals surface area contributed by atoms with Crippen LogP contribution in [0, 0.1) is 0 Å². The molecule has 2 amide bonds. The molecule has 8 heteroatoms. The Balaban J connectivity index is 1.57. The first kappa shape index (κ1) is 16.4. The summed E-state index contributed by atoms with van der Waals surface area (Å²) < 4.78 is 26.5. The van der Waals surface area contributed by atoms with E-state index < -0.39 is 6.43 Å². The van der Waals surface area contributed by atoms with Crippen LogP contribution in [0.1, 0.15) is 0 Å². The second-order valence-electron chi connectivity index (χ2n) is 5.61. The quantitative estimate of drug-likeness (QED) is 0.933. The van der Waals surface area contributed by atoms with Gasteiger partial charge in [0.25, 0.3) is 6.43 Å². The van der Waals surface area contributed by atoms with Gasteiger partial charge < -0.3 is 10.2 Å². The van der Waals surface area contributed by atoms with E-state index in [2.05, 4.69) is 10.4 Å². The zero-order valence-electron chi connectivity index (χ0n) is 13.1. The molecule has 0 atom stereocenters. The number of hydrogen-bond acceptors (Lipinski definition) is 3. The van der Waals surface area contributed by atoms with Crippen molar-refractivity contribution in [2.75, 3.05) is 38.0 Å². The number of piperazine rings is 1. The van der Waals surface area contributed by atoms with E-state index in [-0.39, 0.29) is 12.6 Å². The first-order valence-electron chi connectivity index (χ1n) is 7.78. The summed E-state index contributed by atoms with van der Waals surface area (Å²) in [6.45, 7) is 1.58. The molecule has 2 heterocycles. The third-order valence-corrected chi connectivity index (χ3v) is 3.92. The molecule has 1 aliphatic rings. The SMILES string of the molecule is O=C(Nc1cccc(-n2cccn2)c1)N1CCN(CC(F)F)CC1.